The van der Waals surface area contributed by atoms with Crippen LogP contribution in [-0.2, 0) is 25.8 Å². The molecule has 0 spiro atoms. The van der Waals surface area contributed by atoms with Crippen LogP contribution in [-0.4, -0.2) is 48.0 Å². The Labute approximate surface area is 162 Å². The molecule has 3 N–H and O–H groups in total. The Morgan fingerprint density at radius 2 is 1.05 bits per heavy atom. The summed E-state index contributed by atoms with van der Waals surface area (Å²) in [5.41, 5.74) is 0. The van der Waals surface area contributed by atoms with Crippen LogP contribution in [0, 0.1) is 6.08 Å². The van der Waals surface area contributed by atoms with E-state index >= 15 is 0 Å². The zero-order valence-electron chi connectivity index (χ0n) is 16.0. The van der Waals surface area contributed by atoms with E-state index in [0.717, 1.165) is 6.42 Å². The predicted octanol–water partition coefficient (Wildman–Crippen LogP) is 3.84. The van der Waals surface area contributed by atoms with Crippen LogP contribution < -0.4 is 0 Å². The summed E-state index contributed by atoms with van der Waals surface area (Å²) in [4.78, 5) is 0. The van der Waals surface area contributed by atoms with Gasteiger partial charge >= 0.3 is 31.6 Å². The fraction of sp³-hybridized carbons (Fsp3) is 0.765. The SMILES string of the molecule is CC(C)O.CC(C)O.CC(C)O.[C-]1=CC=CC1.[CH3][Ge]([CH3])[CH3].[Hf]. The van der Waals surface area contributed by atoms with E-state index in [2.05, 4.69) is 29.4 Å². The largest absolute Gasteiger partial charge is 0 e. The summed E-state index contributed by atoms with van der Waals surface area (Å²) in [6.45, 7) is 10.3. The van der Waals surface area contributed by atoms with E-state index in [1.54, 1.807) is 41.5 Å². The van der Waals surface area contributed by atoms with E-state index in [4.69, 9.17) is 15.3 Å². The topological polar surface area (TPSA) is 60.7 Å². The zero-order valence-corrected chi connectivity index (χ0v) is 21.7. The molecule has 0 bridgehead atoms. The molecule has 0 heterocycles. The first kappa shape index (κ1) is 34.2. The Morgan fingerprint density at radius 1 is 0.818 bits per heavy atom. The molecule has 0 aromatic heterocycles. The molecule has 0 aliphatic heterocycles. The third-order valence-electron chi connectivity index (χ3n) is 0.586. The molecule has 1 aliphatic carbocycles. The van der Waals surface area contributed by atoms with Crippen molar-refractivity contribution in [3.05, 3.63) is 24.3 Å². The average Bonchev–Trinajstić information content (AvgIpc) is 2.68. The molecule has 0 saturated carbocycles. The van der Waals surface area contributed by atoms with Crippen molar-refractivity contribution < 1.29 is 41.2 Å². The normalized spacial score (nSPS) is 10.5. The van der Waals surface area contributed by atoms with Gasteiger partial charge in [0, 0.05) is 44.2 Å². The van der Waals surface area contributed by atoms with Crippen molar-refractivity contribution in [1.29, 1.82) is 0 Å². The van der Waals surface area contributed by atoms with Gasteiger partial charge in [-0.1, -0.05) is 0 Å². The summed E-state index contributed by atoms with van der Waals surface area (Å²) < 4.78 is 0. The van der Waals surface area contributed by atoms with Gasteiger partial charge in [-0.25, -0.2) is 12.2 Å². The molecule has 0 amide bonds. The monoisotopic (exact) mass is 544 g/mol. The number of hydrogen-bond donors (Lipinski definition) is 3. The maximum Gasteiger partial charge on any atom is 0 e. The first-order valence-corrected chi connectivity index (χ1v) is 13.8. The second-order valence-electron chi connectivity index (χ2n) is 5.78. The van der Waals surface area contributed by atoms with Crippen molar-refractivity contribution in [2.75, 3.05) is 0 Å². The smallest absolute Gasteiger partial charge is 0 e. The number of rotatable bonds is 0. The van der Waals surface area contributed by atoms with Gasteiger partial charge < -0.3 is 15.3 Å². The first-order valence-electron chi connectivity index (χ1n) is 7.46. The first-order chi connectivity index (χ1) is 9.43. The van der Waals surface area contributed by atoms with Crippen molar-refractivity contribution in [2.24, 2.45) is 0 Å². The van der Waals surface area contributed by atoms with Gasteiger partial charge in [-0.15, -0.1) is 6.42 Å². The van der Waals surface area contributed by atoms with Crippen LogP contribution in [0.2, 0.25) is 17.3 Å². The minimum atomic E-state index is -0.333. The van der Waals surface area contributed by atoms with Gasteiger partial charge in [0.2, 0.25) is 0 Å². The summed E-state index contributed by atoms with van der Waals surface area (Å²) in [7, 11) is 0. The number of aliphatic hydroxyl groups excluding tert-OH is 3. The summed E-state index contributed by atoms with van der Waals surface area (Å²) in [5, 5.41) is 24.2. The minimum Gasteiger partial charge on any atom is 0 e. The van der Waals surface area contributed by atoms with Crippen LogP contribution in [0.25, 0.3) is 0 Å². The van der Waals surface area contributed by atoms with E-state index in [-0.39, 0.29) is 58.5 Å². The van der Waals surface area contributed by atoms with Crippen LogP contribution in [0.3, 0.4) is 0 Å². The molecule has 0 saturated heterocycles. The van der Waals surface area contributed by atoms with Gasteiger partial charge in [0.15, 0.2) is 0 Å². The Bertz CT molecular complexity index is 171. The Hall–Kier alpha value is 0.773. The molecule has 3 nitrogen and oxygen atoms in total. The van der Waals surface area contributed by atoms with E-state index in [1.807, 2.05) is 12.2 Å². The van der Waals surface area contributed by atoms with Gasteiger partial charge in [0.05, 0.1) is 0 Å². The molecular formula is C17H38GeHfO3-. The van der Waals surface area contributed by atoms with Gasteiger partial charge in [-0.05, 0) is 41.5 Å². The molecule has 0 atom stereocenters. The molecule has 0 aromatic carbocycles. The van der Waals surface area contributed by atoms with Crippen molar-refractivity contribution in [1.82, 2.24) is 0 Å². The third kappa shape index (κ3) is 244. The van der Waals surface area contributed by atoms with Crippen molar-refractivity contribution in [2.45, 2.75) is 83.5 Å². The summed E-state index contributed by atoms with van der Waals surface area (Å²) in [6.07, 6.45) is 9.50. The standard InChI is InChI=1S/C5H5.C3H9Ge.3C3H8O.Hf/c1-2-4-5-3-1;1-4(2)3;3*1-3(2)4;/h1-3H,4H2;1-3H3;3*3-4H,1-2H3;/q-1;;;;;. The van der Waals surface area contributed by atoms with Gasteiger partial charge in [0.25, 0.3) is 0 Å². The molecule has 0 aromatic rings. The van der Waals surface area contributed by atoms with Gasteiger partial charge in [-0.3, -0.25) is 6.08 Å². The van der Waals surface area contributed by atoms with Crippen molar-refractivity contribution >= 4 is 14.3 Å². The van der Waals surface area contributed by atoms with Crippen LogP contribution in [0.15, 0.2) is 18.2 Å². The molecule has 1 aliphatic rings. The second kappa shape index (κ2) is 29.7. The molecular weight excluding hydrogens is 503 g/mol. The molecule has 133 valence electrons. The number of hydrogen-bond acceptors (Lipinski definition) is 3. The Balaban J connectivity index is -0.0000000544. The summed E-state index contributed by atoms with van der Waals surface area (Å²) in [5.74, 6) is 7.00. The zero-order chi connectivity index (χ0) is 17.8. The summed E-state index contributed by atoms with van der Waals surface area (Å²) >= 11 is -0.333. The van der Waals surface area contributed by atoms with Crippen LogP contribution in [0.5, 0.6) is 0 Å². The Kier molecular flexibility index (Phi) is 46.2. The molecule has 0 unspecified atom stereocenters. The minimum absolute atomic E-state index is 0. The van der Waals surface area contributed by atoms with Crippen LogP contribution in [0.4, 0.5) is 0 Å². The average molecular weight is 542 g/mol. The second-order valence-corrected chi connectivity index (χ2v) is 12.1. The quantitative estimate of drug-likeness (QED) is 0.323. The fourth-order valence-electron chi connectivity index (χ4n) is 0.340. The maximum absolute atomic E-state index is 8.06. The number of allylic oxidation sites excluding steroid dienone is 4. The van der Waals surface area contributed by atoms with Crippen molar-refractivity contribution in [3.63, 3.8) is 0 Å². The molecule has 1 rings (SSSR count). The molecule has 0 fully saturated rings. The van der Waals surface area contributed by atoms with Crippen LogP contribution in [0.1, 0.15) is 48.0 Å². The van der Waals surface area contributed by atoms with Gasteiger partial charge in [-0.2, -0.15) is 6.08 Å². The Morgan fingerprint density at radius 3 is 1.09 bits per heavy atom. The maximum atomic E-state index is 8.06. The van der Waals surface area contributed by atoms with E-state index in [0.29, 0.717) is 0 Å². The van der Waals surface area contributed by atoms with E-state index in [9.17, 15) is 0 Å². The molecule has 5 heteroatoms. The van der Waals surface area contributed by atoms with E-state index < -0.39 is 0 Å². The molecule has 22 heavy (non-hydrogen) atoms. The van der Waals surface area contributed by atoms with E-state index in [1.165, 1.54) is 0 Å². The number of aliphatic hydroxyl groups is 3. The van der Waals surface area contributed by atoms with Gasteiger partial charge in [0.1, 0.15) is 0 Å². The molecule has 1 radical (unpaired) electrons. The third-order valence-corrected chi connectivity index (χ3v) is 0.586. The fourth-order valence-corrected chi connectivity index (χ4v) is 0.340. The summed E-state index contributed by atoms with van der Waals surface area (Å²) in [6, 6.07) is 0. The van der Waals surface area contributed by atoms with Crippen LogP contribution >= 0.6 is 0 Å². The predicted molar refractivity (Wildman–Crippen MR) is 97.0 cm³/mol. The van der Waals surface area contributed by atoms with Crippen molar-refractivity contribution in [3.8, 4) is 0 Å².